The van der Waals surface area contributed by atoms with Gasteiger partial charge in [0.25, 0.3) is 0 Å². The normalized spacial score (nSPS) is 25.5. The summed E-state index contributed by atoms with van der Waals surface area (Å²) in [6.45, 7) is 0.749. The zero-order valence-corrected chi connectivity index (χ0v) is 6.35. The van der Waals surface area contributed by atoms with Crippen molar-refractivity contribution in [1.82, 2.24) is 0 Å². The molecule has 0 fully saturated rings. The fourth-order valence-electron chi connectivity index (χ4n) is 0.803. The van der Waals surface area contributed by atoms with Gasteiger partial charge in [0.1, 0.15) is 0 Å². The van der Waals surface area contributed by atoms with Crippen LogP contribution in [0.4, 0.5) is 0 Å². The molecule has 0 aliphatic carbocycles. The van der Waals surface area contributed by atoms with Crippen molar-refractivity contribution < 1.29 is 0 Å². The first-order valence-corrected chi connectivity index (χ1v) is 3.78. The Morgan fingerprint density at radius 3 is 2.91 bits per heavy atom. The van der Waals surface area contributed by atoms with E-state index in [1.54, 1.807) is 6.21 Å². The van der Waals surface area contributed by atoms with Crippen molar-refractivity contribution in [3.8, 4) is 0 Å². The third-order valence-electron chi connectivity index (χ3n) is 1.37. The van der Waals surface area contributed by atoms with E-state index in [1.807, 2.05) is 0 Å². The van der Waals surface area contributed by atoms with Crippen molar-refractivity contribution in [2.75, 3.05) is 6.54 Å². The van der Waals surface area contributed by atoms with Crippen LogP contribution in [0.2, 0.25) is 0 Å². The fourth-order valence-corrected chi connectivity index (χ4v) is 0.803. The number of hydrogen-bond donors (Lipinski definition) is 0. The van der Waals surface area contributed by atoms with Crippen LogP contribution in [0.5, 0.6) is 0 Å². The molecule has 0 aromatic rings. The van der Waals surface area contributed by atoms with E-state index in [1.165, 1.54) is 6.42 Å². The van der Waals surface area contributed by atoms with Crippen molar-refractivity contribution in [3.05, 3.63) is 0 Å². The molecule has 1 aliphatic rings. The van der Waals surface area contributed by atoms with Gasteiger partial charge in [0, 0.05) is 6.21 Å². The molecular weight excluding hydrogens is 142 g/mol. The van der Waals surface area contributed by atoms with Crippen LogP contribution in [0, 0.1) is 0 Å². The lowest BCUT2D eigenvalue weighted by atomic mass is 10.2. The highest BCUT2D eigenvalue weighted by Crippen LogP contribution is 1.99. The quantitative estimate of drug-likeness (QED) is 0.513. The molecule has 0 aromatic heterocycles. The molecule has 0 radical (unpaired) electrons. The fraction of sp³-hybridized carbons (Fsp3) is 0.833. The maximum absolute atomic E-state index is 3.76. The Morgan fingerprint density at radius 1 is 0.909 bits per heavy atom. The molecule has 1 rings (SSSR count). The number of hydrogen-bond acceptors (Lipinski definition) is 5. The summed E-state index contributed by atoms with van der Waals surface area (Å²) < 4.78 is 0. The van der Waals surface area contributed by atoms with Crippen molar-refractivity contribution in [1.29, 1.82) is 0 Å². The van der Waals surface area contributed by atoms with E-state index in [4.69, 9.17) is 0 Å². The van der Waals surface area contributed by atoms with Gasteiger partial charge in [-0.25, -0.2) is 0 Å². The van der Waals surface area contributed by atoms with Gasteiger partial charge in [0.15, 0.2) is 0 Å². The molecule has 0 amide bonds. The zero-order valence-electron chi connectivity index (χ0n) is 6.35. The Bertz CT molecular complexity index is 154. The van der Waals surface area contributed by atoms with Crippen LogP contribution < -0.4 is 0 Å². The summed E-state index contributed by atoms with van der Waals surface area (Å²) in [5, 5.41) is 17.6. The van der Waals surface area contributed by atoms with Crippen LogP contribution in [0.15, 0.2) is 25.9 Å². The summed E-state index contributed by atoms with van der Waals surface area (Å²) >= 11 is 0. The second-order valence-electron chi connectivity index (χ2n) is 2.28. The number of nitrogens with zero attached hydrogens (tertiary/aromatic N) is 5. The summed E-state index contributed by atoms with van der Waals surface area (Å²) in [6.07, 6.45) is 6.12. The second kappa shape index (κ2) is 5.64. The molecule has 0 spiro atoms. The van der Waals surface area contributed by atoms with Gasteiger partial charge in [-0.15, -0.1) is 5.10 Å². The highest BCUT2D eigenvalue weighted by molar-refractivity contribution is 5.56. The van der Waals surface area contributed by atoms with E-state index in [0.29, 0.717) is 0 Å². The lowest BCUT2D eigenvalue weighted by Crippen LogP contribution is -1.81. The topological polar surface area (TPSA) is 61.8 Å². The molecular formula is C6H11N5. The Hall–Kier alpha value is -1.13. The SMILES string of the molecule is C1=N\N=N/N=NCCCCC/1. The standard InChI is InChI=1S/C6H11N5/c1-2-4-6-8-10-11-9-7-5-3-1/h5H,1-4,6H2/b7-5-,10-8?,11-9-. The van der Waals surface area contributed by atoms with Crippen LogP contribution in [0.1, 0.15) is 25.7 Å². The molecule has 5 nitrogen and oxygen atoms in total. The van der Waals surface area contributed by atoms with Crippen LogP contribution in [0.3, 0.4) is 0 Å². The smallest absolute Gasteiger partial charge is 0.0621 e. The molecule has 0 bridgehead atoms. The molecule has 0 N–H and O–H groups in total. The van der Waals surface area contributed by atoms with Crippen LogP contribution in [-0.2, 0) is 0 Å². The summed E-state index contributed by atoms with van der Waals surface area (Å²) in [7, 11) is 0. The van der Waals surface area contributed by atoms with Gasteiger partial charge in [-0.3, -0.25) is 0 Å². The second-order valence-corrected chi connectivity index (χ2v) is 2.28. The molecule has 0 saturated heterocycles. The van der Waals surface area contributed by atoms with Crippen molar-refractivity contribution in [3.63, 3.8) is 0 Å². The summed E-state index contributed by atoms with van der Waals surface area (Å²) in [5.41, 5.74) is 0. The van der Waals surface area contributed by atoms with E-state index < -0.39 is 0 Å². The lowest BCUT2D eigenvalue weighted by Gasteiger charge is -1.91. The third-order valence-corrected chi connectivity index (χ3v) is 1.37. The van der Waals surface area contributed by atoms with Crippen LogP contribution in [0.25, 0.3) is 0 Å². The maximum atomic E-state index is 3.76. The summed E-state index contributed by atoms with van der Waals surface area (Å²) in [6, 6.07) is 0. The Morgan fingerprint density at radius 2 is 1.91 bits per heavy atom. The van der Waals surface area contributed by atoms with Gasteiger partial charge in [-0.05, 0) is 34.9 Å². The largest absolute Gasteiger partial charge is 0.167 e. The van der Waals surface area contributed by atoms with Crippen LogP contribution in [-0.4, -0.2) is 12.8 Å². The highest BCUT2D eigenvalue weighted by atomic mass is 15.5. The van der Waals surface area contributed by atoms with Crippen molar-refractivity contribution in [2.45, 2.75) is 25.7 Å². The highest BCUT2D eigenvalue weighted by Gasteiger charge is 1.87. The molecule has 1 heterocycles. The molecule has 0 atom stereocenters. The average Bonchev–Trinajstić information content (AvgIpc) is 2.08. The first kappa shape index (κ1) is 7.97. The Labute approximate surface area is 65.3 Å². The Balaban J connectivity index is 2.36. The monoisotopic (exact) mass is 153 g/mol. The van der Waals surface area contributed by atoms with E-state index >= 15 is 0 Å². The van der Waals surface area contributed by atoms with Gasteiger partial charge in [0.05, 0.1) is 6.54 Å². The zero-order chi connectivity index (χ0) is 7.78. The molecule has 60 valence electrons. The lowest BCUT2D eigenvalue weighted by molar-refractivity contribution is 0.689. The average molecular weight is 153 g/mol. The van der Waals surface area contributed by atoms with Gasteiger partial charge in [-0.2, -0.15) is 5.11 Å². The van der Waals surface area contributed by atoms with E-state index in [-0.39, 0.29) is 0 Å². The summed E-state index contributed by atoms with van der Waals surface area (Å²) in [5.74, 6) is 0. The van der Waals surface area contributed by atoms with Crippen molar-refractivity contribution in [2.24, 2.45) is 25.9 Å². The maximum Gasteiger partial charge on any atom is 0.0621 e. The molecule has 11 heavy (non-hydrogen) atoms. The minimum absolute atomic E-state index is 0.749. The van der Waals surface area contributed by atoms with E-state index in [0.717, 1.165) is 25.8 Å². The molecule has 0 unspecified atom stereocenters. The third kappa shape index (κ3) is 4.30. The van der Waals surface area contributed by atoms with E-state index in [9.17, 15) is 0 Å². The first-order chi connectivity index (χ1) is 5.50. The predicted octanol–water partition coefficient (Wildman–Crippen LogP) is 2.37. The minimum Gasteiger partial charge on any atom is -0.167 e. The predicted molar refractivity (Wildman–Crippen MR) is 41.5 cm³/mol. The number of rotatable bonds is 0. The van der Waals surface area contributed by atoms with Gasteiger partial charge >= 0.3 is 0 Å². The van der Waals surface area contributed by atoms with Crippen LogP contribution >= 0.6 is 0 Å². The van der Waals surface area contributed by atoms with Gasteiger partial charge in [-0.1, -0.05) is 6.42 Å². The van der Waals surface area contributed by atoms with Gasteiger partial charge in [0.2, 0.25) is 0 Å². The van der Waals surface area contributed by atoms with Crippen molar-refractivity contribution >= 4 is 6.21 Å². The first-order valence-electron chi connectivity index (χ1n) is 3.78. The van der Waals surface area contributed by atoms with E-state index in [2.05, 4.69) is 25.9 Å². The molecule has 0 saturated carbocycles. The molecule has 5 heteroatoms. The summed E-state index contributed by atoms with van der Waals surface area (Å²) in [4.78, 5) is 0. The Kier molecular flexibility index (Phi) is 4.09. The minimum atomic E-state index is 0.749. The molecule has 0 aromatic carbocycles. The molecule has 1 aliphatic heterocycles. The van der Waals surface area contributed by atoms with Gasteiger partial charge < -0.3 is 0 Å².